The van der Waals surface area contributed by atoms with Gasteiger partial charge < -0.3 is 5.73 Å². The van der Waals surface area contributed by atoms with E-state index in [-0.39, 0.29) is 11.9 Å². The second-order valence-electron chi connectivity index (χ2n) is 3.16. The number of carbonyl (C=O) groups excluding carboxylic acids is 1. The first-order chi connectivity index (χ1) is 4.90. The third-order valence-electron chi connectivity index (χ3n) is 1.56. The van der Waals surface area contributed by atoms with Crippen LogP contribution in [0.3, 0.4) is 0 Å². The zero-order valence-corrected chi connectivity index (χ0v) is 7.35. The van der Waals surface area contributed by atoms with Crippen molar-refractivity contribution in [3.63, 3.8) is 0 Å². The highest BCUT2D eigenvalue weighted by atomic mass is 16.1. The molecule has 0 fully saturated rings. The normalized spacial score (nSPS) is 14.1. The van der Waals surface area contributed by atoms with Crippen molar-refractivity contribution >= 4 is 5.91 Å². The van der Waals surface area contributed by atoms with Gasteiger partial charge in [0, 0.05) is 6.04 Å². The largest absolute Gasteiger partial charge is 0.368 e. The summed E-state index contributed by atoms with van der Waals surface area (Å²) >= 11 is 0. The van der Waals surface area contributed by atoms with Crippen molar-refractivity contribution in [3.8, 4) is 0 Å². The minimum absolute atomic E-state index is 0.0949. The molecule has 0 rings (SSSR count). The van der Waals surface area contributed by atoms with Gasteiger partial charge in [-0.2, -0.15) is 0 Å². The molecule has 64 valence electrons. The summed E-state index contributed by atoms with van der Waals surface area (Å²) in [6.45, 7) is 8.99. The van der Waals surface area contributed by atoms with Gasteiger partial charge >= 0.3 is 0 Å². The average Bonchev–Trinajstić information content (AvgIpc) is 1.86. The Morgan fingerprint density at radius 3 is 2.45 bits per heavy atom. The molecular formula is C8H16N2O. The number of amides is 1. The molecule has 1 amide bonds. The van der Waals surface area contributed by atoms with E-state index in [2.05, 4.69) is 11.9 Å². The Kier molecular flexibility index (Phi) is 3.26. The topological polar surface area (TPSA) is 55.1 Å². The Balaban J connectivity index is 4.11. The molecular weight excluding hydrogens is 140 g/mol. The van der Waals surface area contributed by atoms with E-state index >= 15 is 0 Å². The number of nitrogens with one attached hydrogen (secondary N) is 1. The summed E-state index contributed by atoms with van der Waals surface area (Å²) in [4.78, 5) is 10.8. The van der Waals surface area contributed by atoms with Crippen LogP contribution < -0.4 is 11.1 Å². The van der Waals surface area contributed by atoms with Gasteiger partial charge in [-0.1, -0.05) is 6.08 Å². The van der Waals surface area contributed by atoms with E-state index < -0.39 is 5.54 Å². The quantitative estimate of drug-likeness (QED) is 0.579. The smallest absolute Gasteiger partial charge is 0.237 e. The van der Waals surface area contributed by atoms with E-state index in [1.54, 1.807) is 19.9 Å². The van der Waals surface area contributed by atoms with E-state index in [1.807, 2.05) is 6.92 Å². The van der Waals surface area contributed by atoms with Crippen LogP contribution in [0.15, 0.2) is 12.7 Å². The molecule has 0 heterocycles. The maximum absolute atomic E-state index is 10.8. The fourth-order valence-corrected chi connectivity index (χ4v) is 0.699. The first-order valence-electron chi connectivity index (χ1n) is 3.60. The fourth-order valence-electron chi connectivity index (χ4n) is 0.699. The minimum atomic E-state index is -0.659. The molecule has 3 N–H and O–H groups in total. The lowest BCUT2D eigenvalue weighted by Crippen LogP contribution is -2.53. The van der Waals surface area contributed by atoms with Gasteiger partial charge in [0.05, 0.1) is 5.54 Å². The van der Waals surface area contributed by atoms with E-state index in [4.69, 9.17) is 5.73 Å². The third-order valence-corrected chi connectivity index (χ3v) is 1.56. The van der Waals surface area contributed by atoms with Crippen molar-refractivity contribution in [1.29, 1.82) is 0 Å². The highest BCUT2D eigenvalue weighted by Crippen LogP contribution is 2.02. The predicted molar refractivity (Wildman–Crippen MR) is 46.1 cm³/mol. The van der Waals surface area contributed by atoms with E-state index in [0.29, 0.717) is 0 Å². The van der Waals surface area contributed by atoms with Crippen LogP contribution >= 0.6 is 0 Å². The fraction of sp³-hybridized carbons (Fsp3) is 0.625. The van der Waals surface area contributed by atoms with E-state index in [9.17, 15) is 4.79 Å². The Bertz CT molecular complexity index is 163. The Hall–Kier alpha value is -0.830. The summed E-state index contributed by atoms with van der Waals surface area (Å²) < 4.78 is 0. The number of nitrogens with two attached hydrogens (primary N) is 1. The highest BCUT2D eigenvalue weighted by Gasteiger charge is 2.24. The van der Waals surface area contributed by atoms with Gasteiger partial charge in [0.2, 0.25) is 5.91 Å². The van der Waals surface area contributed by atoms with Crippen LogP contribution in [0.4, 0.5) is 0 Å². The van der Waals surface area contributed by atoms with Crippen LogP contribution in [-0.2, 0) is 4.79 Å². The summed E-state index contributed by atoms with van der Waals surface area (Å²) in [5.74, 6) is -0.355. The van der Waals surface area contributed by atoms with Crippen LogP contribution in [0.25, 0.3) is 0 Å². The molecule has 0 aromatic rings. The zero-order chi connectivity index (χ0) is 9.07. The third kappa shape index (κ3) is 3.18. The standard InChI is InChI=1S/C8H16N2O/c1-5-6(2)10-8(3,4)7(9)11/h5-6,10H,1H2,2-4H3,(H2,9,11). The molecule has 0 aliphatic carbocycles. The molecule has 0 aromatic carbocycles. The SMILES string of the molecule is C=CC(C)NC(C)(C)C(N)=O. The first-order valence-corrected chi connectivity index (χ1v) is 3.60. The maximum atomic E-state index is 10.8. The van der Waals surface area contributed by atoms with E-state index in [0.717, 1.165) is 0 Å². The van der Waals surface area contributed by atoms with Crippen LogP contribution in [0, 0.1) is 0 Å². The molecule has 0 aromatic heterocycles. The molecule has 0 saturated carbocycles. The van der Waals surface area contributed by atoms with Crippen molar-refractivity contribution in [3.05, 3.63) is 12.7 Å². The van der Waals surface area contributed by atoms with Crippen molar-refractivity contribution in [2.75, 3.05) is 0 Å². The predicted octanol–water partition coefficient (Wildman–Crippen LogP) is 0.414. The average molecular weight is 156 g/mol. The zero-order valence-electron chi connectivity index (χ0n) is 7.35. The summed E-state index contributed by atoms with van der Waals surface area (Å²) in [5, 5.41) is 3.01. The maximum Gasteiger partial charge on any atom is 0.237 e. The van der Waals surface area contributed by atoms with E-state index in [1.165, 1.54) is 0 Å². The van der Waals surface area contributed by atoms with Gasteiger partial charge in [0.1, 0.15) is 0 Å². The van der Waals surface area contributed by atoms with Gasteiger partial charge in [0.25, 0.3) is 0 Å². The van der Waals surface area contributed by atoms with Crippen LogP contribution in [-0.4, -0.2) is 17.5 Å². The number of hydrogen-bond acceptors (Lipinski definition) is 2. The van der Waals surface area contributed by atoms with Gasteiger partial charge in [-0.05, 0) is 20.8 Å². The Labute approximate surface area is 67.7 Å². The first kappa shape index (κ1) is 10.2. The second-order valence-corrected chi connectivity index (χ2v) is 3.16. The molecule has 0 aliphatic rings. The van der Waals surface area contributed by atoms with Crippen molar-refractivity contribution < 1.29 is 4.79 Å². The molecule has 0 saturated heterocycles. The highest BCUT2D eigenvalue weighted by molar-refractivity contribution is 5.83. The lowest BCUT2D eigenvalue weighted by Gasteiger charge is -2.25. The number of primary amides is 1. The van der Waals surface area contributed by atoms with Crippen molar-refractivity contribution in [1.82, 2.24) is 5.32 Å². The Morgan fingerprint density at radius 1 is 1.73 bits per heavy atom. The molecule has 3 heteroatoms. The van der Waals surface area contributed by atoms with Crippen LogP contribution in [0.5, 0.6) is 0 Å². The summed E-state index contributed by atoms with van der Waals surface area (Å²) in [5.41, 5.74) is 4.48. The van der Waals surface area contributed by atoms with Crippen molar-refractivity contribution in [2.24, 2.45) is 5.73 Å². The summed E-state index contributed by atoms with van der Waals surface area (Å²) in [6.07, 6.45) is 1.73. The molecule has 3 nitrogen and oxygen atoms in total. The monoisotopic (exact) mass is 156 g/mol. The number of rotatable bonds is 4. The van der Waals surface area contributed by atoms with Crippen molar-refractivity contribution in [2.45, 2.75) is 32.4 Å². The second kappa shape index (κ2) is 3.53. The molecule has 0 bridgehead atoms. The number of carbonyl (C=O) groups is 1. The van der Waals surface area contributed by atoms with Gasteiger partial charge in [-0.3, -0.25) is 10.1 Å². The molecule has 11 heavy (non-hydrogen) atoms. The van der Waals surface area contributed by atoms with Crippen LogP contribution in [0.1, 0.15) is 20.8 Å². The van der Waals surface area contributed by atoms with Gasteiger partial charge in [-0.25, -0.2) is 0 Å². The molecule has 1 unspecified atom stereocenters. The molecule has 1 atom stereocenters. The minimum Gasteiger partial charge on any atom is -0.368 e. The summed E-state index contributed by atoms with van der Waals surface area (Å²) in [6, 6.07) is 0.0949. The molecule has 0 aliphatic heterocycles. The van der Waals surface area contributed by atoms with Gasteiger partial charge in [0.15, 0.2) is 0 Å². The Morgan fingerprint density at radius 2 is 2.18 bits per heavy atom. The molecule has 0 spiro atoms. The van der Waals surface area contributed by atoms with Gasteiger partial charge in [-0.15, -0.1) is 6.58 Å². The molecule has 0 radical (unpaired) electrons. The lowest BCUT2D eigenvalue weighted by atomic mass is 10.0. The summed E-state index contributed by atoms with van der Waals surface area (Å²) in [7, 11) is 0. The lowest BCUT2D eigenvalue weighted by molar-refractivity contribution is -0.123. The van der Waals surface area contributed by atoms with Crippen LogP contribution in [0.2, 0.25) is 0 Å². The number of hydrogen-bond donors (Lipinski definition) is 2.